The van der Waals surface area contributed by atoms with E-state index < -0.39 is 0 Å². The van der Waals surface area contributed by atoms with Gasteiger partial charge in [0.25, 0.3) is 0 Å². The van der Waals surface area contributed by atoms with Crippen LogP contribution in [0.15, 0.2) is 18.2 Å². The first-order valence-electron chi connectivity index (χ1n) is 11.2. The third kappa shape index (κ3) is 8.19. The van der Waals surface area contributed by atoms with E-state index in [1.165, 1.54) is 62.8 Å². The summed E-state index contributed by atoms with van der Waals surface area (Å²) >= 11 is 0. The van der Waals surface area contributed by atoms with Gasteiger partial charge in [-0.3, -0.25) is 4.98 Å². The van der Waals surface area contributed by atoms with Gasteiger partial charge in [-0.2, -0.15) is 0 Å². The minimum atomic E-state index is 0. The molecule has 5 atom stereocenters. The van der Waals surface area contributed by atoms with Gasteiger partial charge >= 0.3 is 0 Å². The van der Waals surface area contributed by atoms with E-state index in [1.54, 1.807) is 0 Å². The first-order valence-corrected chi connectivity index (χ1v) is 11.2. The summed E-state index contributed by atoms with van der Waals surface area (Å²) in [6, 6.07) is 9.25. The Balaban J connectivity index is 0.00000150. The van der Waals surface area contributed by atoms with Crippen molar-refractivity contribution >= 4 is 0 Å². The Morgan fingerprint density at radius 1 is 0.767 bits per heavy atom. The van der Waals surface area contributed by atoms with Crippen LogP contribution < -0.4 is 21.3 Å². The Morgan fingerprint density at radius 3 is 1.80 bits per heavy atom. The van der Waals surface area contributed by atoms with E-state index in [-0.39, 0.29) is 57.2 Å². The monoisotopic (exact) mass is 530 g/mol. The van der Waals surface area contributed by atoms with Gasteiger partial charge in [0.05, 0.1) is 11.4 Å². The summed E-state index contributed by atoms with van der Waals surface area (Å²) in [6.45, 7) is 5.14. The zero-order chi connectivity index (χ0) is 18.5. The number of hydrogen-bond donors (Lipinski definition) is 4. The van der Waals surface area contributed by atoms with Crippen molar-refractivity contribution in [1.82, 2.24) is 26.3 Å². The Kier molecular flexibility index (Phi) is 14.0. The fourth-order valence-corrected chi connectivity index (χ4v) is 5.14. The van der Waals surface area contributed by atoms with Gasteiger partial charge in [0, 0.05) is 99.6 Å². The van der Waals surface area contributed by atoms with E-state index in [9.17, 15) is 0 Å². The van der Waals surface area contributed by atoms with Crippen molar-refractivity contribution in [3.63, 3.8) is 0 Å². The van der Waals surface area contributed by atoms with E-state index >= 15 is 0 Å². The van der Waals surface area contributed by atoms with Crippen molar-refractivity contribution in [3.8, 4) is 0 Å². The molecule has 2 fully saturated rings. The summed E-state index contributed by atoms with van der Waals surface area (Å²) in [5.74, 6) is 0. The van der Waals surface area contributed by atoms with Crippen molar-refractivity contribution < 1.29 is 49.8 Å². The third-order valence-corrected chi connectivity index (χ3v) is 6.67. The second-order valence-electron chi connectivity index (χ2n) is 8.85. The Morgan fingerprint density at radius 2 is 1.23 bits per heavy atom. The van der Waals surface area contributed by atoms with Gasteiger partial charge in [0.15, 0.2) is 0 Å². The molecule has 7 heteroatoms. The molecule has 2 aliphatic carbocycles. The van der Waals surface area contributed by atoms with Crippen LogP contribution in [0.1, 0.15) is 69.7 Å². The zero-order valence-corrected chi connectivity index (χ0v) is 22.8. The molecule has 0 unspecified atom stereocenters. The Labute approximate surface area is 219 Å². The minimum absolute atomic E-state index is 0. The maximum Gasteiger partial charge on any atom is 0.0545 e. The quantitative estimate of drug-likeness (QED) is 0.307. The summed E-state index contributed by atoms with van der Waals surface area (Å²) < 4.78 is 0. The number of pyridine rings is 1. The summed E-state index contributed by atoms with van der Waals surface area (Å²) in [5.41, 5.74) is 2.33. The molecule has 168 valence electrons. The average Bonchev–Trinajstić information content (AvgIpc) is 2.71. The molecule has 2 saturated carbocycles. The normalized spacial score (nSPS) is 32.4. The Bertz CT molecular complexity index is 605. The molecule has 4 rings (SSSR count). The summed E-state index contributed by atoms with van der Waals surface area (Å²) in [7, 11) is 0. The maximum atomic E-state index is 4.91. The third-order valence-electron chi connectivity index (χ3n) is 6.67. The topological polar surface area (TPSA) is 61.0 Å². The molecule has 0 spiro atoms. The van der Waals surface area contributed by atoms with Gasteiger partial charge < -0.3 is 28.7 Å². The molecule has 1 aromatic heterocycles. The molecule has 2 heterocycles. The average molecular weight is 530 g/mol. The Hall–Kier alpha value is 0.613. The predicted molar refractivity (Wildman–Crippen MR) is 117 cm³/mol. The van der Waals surface area contributed by atoms with Gasteiger partial charge in [-0.05, 0) is 44.7 Å². The SMILES string of the molecule is C[C@@H]1CN[C@@H]2CCCC[C@H]2NCc2cccc(n2)CN[C@@H]2CCCC[C@H]2N1.[CH3-].[Mn].[Y]. The molecule has 1 aliphatic heterocycles. The van der Waals surface area contributed by atoms with Crippen molar-refractivity contribution in [1.29, 1.82) is 0 Å². The molecular weight excluding hydrogens is 490 g/mol. The number of fused-ring (bicyclic) bond motifs is 4. The van der Waals surface area contributed by atoms with Crippen LogP contribution in [0.25, 0.3) is 0 Å². The summed E-state index contributed by atoms with van der Waals surface area (Å²) in [6.07, 6.45) is 10.5. The van der Waals surface area contributed by atoms with Crippen LogP contribution in [0.3, 0.4) is 0 Å². The number of hydrogen-bond acceptors (Lipinski definition) is 5. The van der Waals surface area contributed by atoms with Crippen molar-refractivity contribution in [3.05, 3.63) is 37.0 Å². The van der Waals surface area contributed by atoms with Gasteiger partial charge in [-0.25, -0.2) is 0 Å². The van der Waals surface area contributed by atoms with Crippen LogP contribution in [0.4, 0.5) is 0 Å². The van der Waals surface area contributed by atoms with Crippen LogP contribution in [0.5, 0.6) is 0 Å². The number of nitrogens with one attached hydrogen (secondary N) is 4. The number of rotatable bonds is 0. The molecule has 2 radical (unpaired) electrons. The van der Waals surface area contributed by atoms with Crippen LogP contribution in [-0.4, -0.2) is 41.7 Å². The maximum absolute atomic E-state index is 4.91. The predicted octanol–water partition coefficient (Wildman–Crippen LogP) is 2.91. The molecule has 0 saturated heterocycles. The van der Waals surface area contributed by atoms with E-state index in [4.69, 9.17) is 4.98 Å². The first kappa shape index (κ1) is 28.6. The molecule has 1 aromatic rings. The molecular formula is C23H40MnN5Y-. The second-order valence-corrected chi connectivity index (χ2v) is 8.85. The fraction of sp³-hybridized carbons (Fsp3) is 0.739. The first-order chi connectivity index (χ1) is 13.3. The van der Waals surface area contributed by atoms with Crippen LogP contribution in [0.2, 0.25) is 0 Å². The number of aromatic nitrogens is 1. The fourth-order valence-electron chi connectivity index (χ4n) is 5.14. The van der Waals surface area contributed by atoms with Gasteiger partial charge in [-0.15, -0.1) is 0 Å². The van der Waals surface area contributed by atoms with E-state index in [0.717, 1.165) is 19.6 Å². The van der Waals surface area contributed by atoms with E-state index in [0.29, 0.717) is 30.2 Å². The largest absolute Gasteiger partial charge is 0.358 e. The van der Waals surface area contributed by atoms with Gasteiger partial charge in [0.1, 0.15) is 0 Å². The van der Waals surface area contributed by atoms with Crippen LogP contribution >= 0.6 is 0 Å². The smallest absolute Gasteiger partial charge is 0.0545 e. The molecule has 5 nitrogen and oxygen atoms in total. The molecule has 0 aromatic carbocycles. The van der Waals surface area contributed by atoms with Gasteiger partial charge in [-0.1, -0.05) is 31.7 Å². The number of nitrogens with zero attached hydrogens (tertiary/aromatic N) is 1. The molecule has 3 aliphatic rings. The summed E-state index contributed by atoms with van der Waals surface area (Å²) in [4.78, 5) is 4.91. The standard InChI is InChI=1S/C22H37N5.CH3.Mn.Y/c1-16-13-23-19-9-2-3-10-20(19)24-14-17-7-6-8-18(27-17)15-25-21-11-4-5-12-22(21)26-16;;;/h6-8,16,19-26H,2-5,9-15H2,1H3;1H3;;/q;-1;;/t16-,19-,20-,21-,22-;;;/m1.../s1. The van der Waals surface area contributed by atoms with Gasteiger partial charge in [0.2, 0.25) is 0 Å². The second kappa shape index (κ2) is 14.7. The zero-order valence-electron chi connectivity index (χ0n) is 18.8. The van der Waals surface area contributed by atoms with Crippen LogP contribution in [-0.2, 0) is 62.9 Å². The van der Waals surface area contributed by atoms with Crippen molar-refractivity contribution in [2.24, 2.45) is 0 Å². The summed E-state index contributed by atoms with van der Waals surface area (Å²) in [5, 5.41) is 15.4. The molecule has 4 N–H and O–H groups in total. The molecule has 0 amide bonds. The van der Waals surface area contributed by atoms with Crippen LogP contribution in [0, 0.1) is 7.43 Å². The van der Waals surface area contributed by atoms with E-state index in [1.807, 2.05) is 0 Å². The van der Waals surface area contributed by atoms with Crippen molar-refractivity contribution in [2.75, 3.05) is 6.54 Å². The van der Waals surface area contributed by atoms with E-state index in [2.05, 4.69) is 46.4 Å². The van der Waals surface area contributed by atoms with Crippen molar-refractivity contribution in [2.45, 2.75) is 102 Å². The molecule has 30 heavy (non-hydrogen) atoms. The minimum Gasteiger partial charge on any atom is -0.358 e. The molecule has 2 bridgehead atoms.